The molecule has 0 saturated carbocycles. The summed E-state index contributed by atoms with van der Waals surface area (Å²) in [7, 11) is 1.60. The van der Waals surface area contributed by atoms with Gasteiger partial charge in [0.05, 0.1) is 19.3 Å². The largest absolute Gasteiger partial charge is 0.497 e. The maximum absolute atomic E-state index is 11.6. The fraction of sp³-hybridized carbons (Fsp3) is 0.350. The lowest BCUT2D eigenvalue weighted by atomic mass is 10.1. The van der Waals surface area contributed by atoms with Gasteiger partial charge in [-0.05, 0) is 36.1 Å². The zero-order valence-corrected chi connectivity index (χ0v) is 15.5. The predicted molar refractivity (Wildman–Crippen MR) is 102 cm³/mol. The van der Waals surface area contributed by atoms with E-state index in [1.165, 1.54) is 24.2 Å². The number of hydrogen-bond acceptors (Lipinski definition) is 4. The molecule has 4 nitrogen and oxygen atoms in total. The molecule has 1 N–H and O–H groups in total. The minimum Gasteiger partial charge on any atom is -0.497 e. The molecule has 0 amide bonds. The SMILES string of the molecule is CCCCCCOc1cc(OC)ccc1/C=C(\C(=O)O)c1cccs1. The van der Waals surface area contributed by atoms with Gasteiger partial charge in [0.25, 0.3) is 0 Å². The van der Waals surface area contributed by atoms with Gasteiger partial charge in [-0.2, -0.15) is 0 Å². The van der Waals surface area contributed by atoms with Crippen molar-refractivity contribution in [2.24, 2.45) is 0 Å². The van der Waals surface area contributed by atoms with Crippen LogP contribution in [0.3, 0.4) is 0 Å². The molecule has 134 valence electrons. The Labute approximate surface area is 152 Å². The van der Waals surface area contributed by atoms with E-state index >= 15 is 0 Å². The van der Waals surface area contributed by atoms with E-state index in [2.05, 4.69) is 6.92 Å². The van der Waals surface area contributed by atoms with Gasteiger partial charge >= 0.3 is 5.97 Å². The van der Waals surface area contributed by atoms with Gasteiger partial charge in [-0.3, -0.25) is 0 Å². The van der Waals surface area contributed by atoms with Crippen LogP contribution in [0.1, 0.15) is 43.0 Å². The summed E-state index contributed by atoms with van der Waals surface area (Å²) in [6.45, 7) is 2.78. The van der Waals surface area contributed by atoms with Gasteiger partial charge < -0.3 is 14.6 Å². The Morgan fingerprint density at radius 3 is 2.72 bits per heavy atom. The lowest BCUT2D eigenvalue weighted by Gasteiger charge is -2.12. The van der Waals surface area contributed by atoms with Gasteiger partial charge in [-0.1, -0.05) is 32.3 Å². The van der Waals surface area contributed by atoms with Crippen LogP contribution >= 0.6 is 11.3 Å². The number of carbonyl (C=O) groups is 1. The minimum absolute atomic E-state index is 0.260. The van der Waals surface area contributed by atoms with Gasteiger partial charge in [-0.25, -0.2) is 4.79 Å². The molecule has 0 atom stereocenters. The van der Waals surface area contributed by atoms with Crippen LogP contribution in [0.4, 0.5) is 0 Å². The van der Waals surface area contributed by atoms with Gasteiger partial charge in [0.2, 0.25) is 0 Å². The highest BCUT2D eigenvalue weighted by molar-refractivity contribution is 7.11. The van der Waals surface area contributed by atoms with Crippen LogP contribution in [0, 0.1) is 0 Å². The second-order valence-electron chi connectivity index (χ2n) is 5.65. The zero-order valence-electron chi connectivity index (χ0n) is 14.7. The van der Waals surface area contributed by atoms with E-state index in [9.17, 15) is 9.90 Å². The summed E-state index contributed by atoms with van der Waals surface area (Å²) in [5.74, 6) is 0.382. The highest BCUT2D eigenvalue weighted by atomic mass is 32.1. The highest BCUT2D eigenvalue weighted by Crippen LogP contribution is 2.30. The number of methoxy groups -OCH3 is 1. The van der Waals surface area contributed by atoms with Crippen molar-refractivity contribution in [1.82, 2.24) is 0 Å². The second kappa shape index (κ2) is 9.89. The summed E-state index contributed by atoms with van der Waals surface area (Å²) < 4.78 is 11.2. The molecule has 0 aliphatic heterocycles. The van der Waals surface area contributed by atoms with Crippen LogP contribution in [0.2, 0.25) is 0 Å². The molecule has 1 aromatic heterocycles. The van der Waals surface area contributed by atoms with E-state index in [1.807, 2.05) is 23.6 Å². The van der Waals surface area contributed by atoms with E-state index in [0.29, 0.717) is 18.1 Å². The monoisotopic (exact) mass is 360 g/mol. The van der Waals surface area contributed by atoms with E-state index in [4.69, 9.17) is 9.47 Å². The number of benzene rings is 1. The smallest absolute Gasteiger partial charge is 0.337 e. The van der Waals surface area contributed by atoms with Gasteiger partial charge in [0.1, 0.15) is 11.5 Å². The number of carboxylic acids is 1. The summed E-state index contributed by atoms with van der Waals surface area (Å²) in [6.07, 6.45) is 6.13. The number of thiophene rings is 1. The summed E-state index contributed by atoms with van der Waals surface area (Å²) in [4.78, 5) is 12.4. The third kappa shape index (κ3) is 5.64. The van der Waals surface area contributed by atoms with Crippen LogP contribution in [0.5, 0.6) is 11.5 Å². The predicted octanol–water partition coefficient (Wildman–Crippen LogP) is 5.34. The molecule has 25 heavy (non-hydrogen) atoms. The van der Waals surface area contributed by atoms with Crippen molar-refractivity contribution in [3.8, 4) is 11.5 Å². The van der Waals surface area contributed by atoms with Crippen molar-refractivity contribution in [2.45, 2.75) is 32.6 Å². The fourth-order valence-electron chi connectivity index (χ4n) is 2.42. The standard InChI is InChI=1S/C20H24O4S/c1-3-4-5-6-11-24-18-14-16(23-2)10-9-15(18)13-17(20(21)22)19-8-7-12-25-19/h7-10,12-14H,3-6,11H2,1-2H3,(H,21,22)/b17-13-. The minimum atomic E-state index is -0.952. The van der Waals surface area contributed by atoms with Crippen LogP contribution in [-0.4, -0.2) is 24.8 Å². The zero-order chi connectivity index (χ0) is 18.1. The van der Waals surface area contributed by atoms with E-state index in [0.717, 1.165) is 23.3 Å². The Hall–Kier alpha value is -2.27. The topological polar surface area (TPSA) is 55.8 Å². The first-order valence-electron chi connectivity index (χ1n) is 8.45. The summed E-state index contributed by atoms with van der Waals surface area (Å²) in [5, 5.41) is 11.4. The Kier molecular flexibility index (Phi) is 7.54. The quantitative estimate of drug-likeness (QED) is 0.459. The second-order valence-corrected chi connectivity index (χ2v) is 6.60. The van der Waals surface area contributed by atoms with Crippen molar-refractivity contribution in [3.63, 3.8) is 0 Å². The first-order valence-corrected chi connectivity index (χ1v) is 9.33. The van der Waals surface area contributed by atoms with Crippen molar-refractivity contribution >= 4 is 29.0 Å². The lowest BCUT2D eigenvalue weighted by Crippen LogP contribution is -2.01. The molecule has 0 aliphatic carbocycles. The van der Waals surface area contributed by atoms with Gasteiger partial charge in [-0.15, -0.1) is 11.3 Å². The van der Waals surface area contributed by atoms with Crippen molar-refractivity contribution in [1.29, 1.82) is 0 Å². The Balaban J connectivity index is 2.25. The molecule has 0 aliphatic rings. The Morgan fingerprint density at radius 2 is 2.08 bits per heavy atom. The van der Waals surface area contributed by atoms with Gasteiger partial charge in [0, 0.05) is 16.5 Å². The summed E-state index contributed by atoms with van der Waals surface area (Å²) >= 11 is 1.40. The summed E-state index contributed by atoms with van der Waals surface area (Å²) in [6, 6.07) is 9.09. The number of aliphatic carboxylic acids is 1. The third-order valence-corrected chi connectivity index (χ3v) is 4.70. The first kappa shape index (κ1) is 19.1. The molecule has 1 heterocycles. The Morgan fingerprint density at radius 1 is 1.24 bits per heavy atom. The third-order valence-electron chi connectivity index (χ3n) is 3.79. The first-order chi connectivity index (χ1) is 12.2. The van der Waals surface area contributed by atoms with Crippen LogP contribution < -0.4 is 9.47 Å². The average molecular weight is 360 g/mol. The maximum Gasteiger partial charge on any atom is 0.337 e. The van der Waals surface area contributed by atoms with Crippen molar-refractivity contribution < 1.29 is 19.4 Å². The molecule has 0 spiro atoms. The summed E-state index contributed by atoms with van der Waals surface area (Å²) in [5.41, 5.74) is 0.998. The number of rotatable bonds is 10. The van der Waals surface area contributed by atoms with Crippen molar-refractivity contribution in [3.05, 3.63) is 46.2 Å². The molecule has 0 fully saturated rings. The lowest BCUT2D eigenvalue weighted by molar-refractivity contribution is -0.130. The fourth-order valence-corrected chi connectivity index (χ4v) is 3.16. The molecule has 0 radical (unpaired) electrons. The number of carboxylic acid groups (broad SMARTS) is 1. The van der Waals surface area contributed by atoms with E-state index in [1.54, 1.807) is 25.3 Å². The molecular weight excluding hydrogens is 336 g/mol. The normalized spacial score (nSPS) is 11.4. The highest BCUT2D eigenvalue weighted by Gasteiger charge is 2.13. The van der Waals surface area contributed by atoms with Crippen LogP contribution in [-0.2, 0) is 4.79 Å². The molecule has 2 aromatic rings. The molecule has 5 heteroatoms. The molecule has 0 saturated heterocycles. The maximum atomic E-state index is 11.6. The average Bonchev–Trinajstić information content (AvgIpc) is 3.14. The van der Waals surface area contributed by atoms with Crippen molar-refractivity contribution in [2.75, 3.05) is 13.7 Å². The van der Waals surface area contributed by atoms with Crippen LogP contribution in [0.25, 0.3) is 11.6 Å². The number of hydrogen-bond donors (Lipinski definition) is 1. The molecule has 2 rings (SSSR count). The molecule has 0 bridgehead atoms. The Bertz CT molecular complexity index is 704. The number of unbranched alkanes of at least 4 members (excludes halogenated alkanes) is 3. The molecule has 1 aromatic carbocycles. The van der Waals surface area contributed by atoms with E-state index in [-0.39, 0.29) is 5.57 Å². The van der Waals surface area contributed by atoms with E-state index < -0.39 is 5.97 Å². The van der Waals surface area contributed by atoms with Gasteiger partial charge in [0.15, 0.2) is 0 Å². The number of ether oxygens (including phenoxy) is 2. The molecule has 0 unspecified atom stereocenters. The van der Waals surface area contributed by atoms with Crippen LogP contribution in [0.15, 0.2) is 35.7 Å². The molecular formula is C20H24O4S.